The third-order valence-corrected chi connectivity index (χ3v) is 4.90. The van der Waals surface area contributed by atoms with Crippen LogP contribution in [0.5, 0.6) is 5.75 Å². The highest BCUT2D eigenvalue weighted by Gasteiger charge is 2.30. The maximum absolute atomic E-state index is 14.1. The van der Waals surface area contributed by atoms with E-state index in [2.05, 4.69) is 15.0 Å². The Hall–Kier alpha value is -3.88. The Labute approximate surface area is 179 Å². The van der Waals surface area contributed by atoms with Crippen LogP contribution in [0, 0.1) is 23.3 Å². The second-order valence-electron chi connectivity index (χ2n) is 6.87. The lowest BCUT2D eigenvalue weighted by Gasteiger charge is -2.11. The first-order valence-electron chi connectivity index (χ1n) is 9.55. The molecule has 0 spiro atoms. The van der Waals surface area contributed by atoms with Crippen LogP contribution in [-0.2, 0) is 6.42 Å². The van der Waals surface area contributed by atoms with Crippen LogP contribution < -0.4 is 10.1 Å². The maximum Gasteiger partial charge on any atom is 0.261 e. The minimum absolute atomic E-state index is 0.138. The van der Waals surface area contributed by atoms with Crippen LogP contribution in [0.1, 0.15) is 22.8 Å². The molecule has 3 aromatic carbocycles. The molecule has 0 aliphatic rings. The SMILES string of the molecule is CCc1ccc2oc(-c3ccc(NC(=O)c4c(F)c(F)c(OC)c(F)c4F)cc3)nc2c1. The van der Waals surface area contributed by atoms with Crippen LogP contribution >= 0.6 is 0 Å². The standard InChI is InChI=1S/C23H16F4N2O3/c1-3-11-4-9-15-14(10-11)29-23(32-15)12-5-7-13(8-6-12)28-22(30)16-17(24)19(26)21(31-2)20(27)18(16)25/h4-10H,3H2,1-2H3,(H,28,30). The molecule has 9 heteroatoms. The molecule has 0 saturated heterocycles. The molecular weight excluding hydrogens is 428 g/mol. The van der Waals surface area contributed by atoms with E-state index in [1.165, 1.54) is 12.1 Å². The van der Waals surface area contributed by atoms with Gasteiger partial charge in [0.15, 0.2) is 23.0 Å². The lowest BCUT2D eigenvalue weighted by Crippen LogP contribution is -2.18. The number of nitrogens with one attached hydrogen (secondary N) is 1. The summed E-state index contributed by atoms with van der Waals surface area (Å²) in [5.74, 6) is -9.56. The second-order valence-corrected chi connectivity index (χ2v) is 6.87. The van der Waals surface area contributed by atoms with Crippen LogP contribution in [-0.4, -0.2) is 18.0 Å². The molecule has 0 fully saturated rings. The van der Waals surface area contributed by atoms with Gasteiger partial charge in [-0.2, -0.15) is 8.78 Å². The van der Waals surface area contributed by atoms with E-state index in [4.69, 9.17) is 4.42 Å². The third-order valence-electron chi connectivity index (χ3n) is 4.90. The molecule has 164 valence electrons. The average molecular weight is 444 g/mol. The number of hydrogen-bond donors (Lipinski definition) is 1. The molecule has 1 aromatic heterocycles. The third kappa shape index (κ3) is 3.66. The van der Waals surface area contributed by atoms with Crippen molar-refractivity contribution in [1.29, 1.82) is 0 Å². The number of ether oxygens (including phenoxy) is 1. The van der Waals surface area contributed by atoms with Crippen LogP contribution in [0.2, 0.25) is 0 Å². The van der Waals surface area contributed by atoms with E-state index in [-0.39, 0.29) is 5.69 Å². The Morgan fingerprint density at radius 1 is 1.00 bits per heavy atom. The van der Waals surface area contributed by atoms with Gasteiger partial charge in [-0.05, 0) is 48.4 Å². The number of fused-ring (bicyclic) bond motifs is 1. The number of anilines is 1. The molecule has 0 atom stereocenters. The van der Waals surface area contributed by atoms with Gasteiger partial charge >= 0.3 is 0 Å². The first kappa shape index (κ1) is 21.4. The molecule has 32 heavy (non-hydrogen) atoms. The Kier molecular flexibility index (Phi) is 5.56. The number of halogens is 4. The van der Waals surface area contributed by atoms with Crippen molar-refractivity contribution in [2.24, 2.45) is 0 Å². The van der Waals surface area contributed by atoms with E-state index in [1.807, 2.05) is 25.1 Å². The van der Waals surface area contributed by atoms with Crippen molar-refractivity contribution in [3.8, 4) is 17.2 Å². The summed E-state index contributed by atoms with van der Waals surface area (Å²) in [5, 5.41) is 2.21. The fourth-order valence-electron chi connectivity index (χ4n) is 3.20. The molecule has 4 aromatic rings. The highest BCUT2D eigenvalue weighted by molar-refractivity contribution is 6.05. The molecule has 0 aliphatic carbocycles. The molecular formula is C23H16F4N2O3. The predicted octanol–water partition coefficient (Wildman–Crippen LogP) is 5.87. The van der Waals surface area contributed by atoms with Gasteiger partial charge in [0.25, 0.3) is 5.91 Å². The molecule has 5 nitrogen and oxygen atoms in total. The van der Waals surface area contributed by atoms with Gasteiger partial charge in [-0.15, -0.1) is 0 Å². The van der Waals surface area contributed by atoms with Crippen molar-refractivity contribution in [2.45, 2.75) is 13.3 Å². The average Bonchev–Trinajstić information content (AvgIpc) is 3.22. The Balaban J connectivity index is 1.59. The maximum atomic E-state index is 14.1. The van der Waals surface area contributed by atoms with E-state index >= 15 is 0 Å². The molecule has 0 unspecified atom stereocenters. The molecule has 0 saturated carbocycles. The van der Waals surface area contributed by atoms with Crippen LogP contribution in [0.4, 0.5) is 23.2 Å². The summed E-state index contributed by atoms with van der Waals surface area (Å²) in [7, 11) is 0.848. The number of aryl methyl sites for hydroxylation is 1. The minimum Gasteiger partial charge on any atom is -0.491 e. The van der Waals surface area contributed by atoms with E-state index in [9.17, 15) is 22.4 Å². The Bertz CT molecular complexity index is 1300. The summed E-state index contributed by atoms with van der Waals surface area (Å²) in [6.45, 7) is 2.03. The van der Waals surface area contributed by atoms with E-state index in [0.29, 0.717) is 22.6 Å². The number of amides is 1. The Morgan fingerprint density at radius 3 is 2.25 bits per heavy atom. The van der Waals surface area contributed by atoms with Crippen molar-refractivity contribution in [2.75, 3.05) is 12.4 Å². The van der Waals surface area contributed by atoms with Gasteiger partial charge in [-0.25, -0.2) is 13.8 Å². The molecule has 0 aliphatic heterocycles. The van der Waals surface area contributed by atoms with E-state index in [1.54, 1.807) is 12.1 Å². The van der Waals surface area contributed by atoms with Crippen LogP contribution in [0.3, 0.4) is 0 Å². The van der Waals surface area contributed by atoms with Gasteiger partial charge < -0.3 is 14.5 Å². The van der Waals surface area contributed by atoms with Gasteiger partial charge in [0.1, 0.15) is 11.1 Å². The normalized spacial score (nSPS) is 11.1. The van der Waals surface area contributed by atoms with Gasteiger partial charge in [0, 0.05) is 11.3 Å². The number of methoxy groups -OCH3 is 1. The minimum atomic E-state index is -1.85. The summed E-state index contributed by atoms with van der Waals surface area (Å²) in [4.78, 5) is 16.7. The first-order chi connectivity index (χ1) is 15.3. The largest absolute Gasteiger partial charge is 0.491 e. The smallest absolute Gasteiger partial charge is 0.261 e. The quantitative estimate of drug-likeness (QED) is 0.309. The summed E-state index contributed by atoms with van der Waals surface area (Å²) < 4.78 is 66.1. The zero-order valence-corrected chi connectivity index (χ0v) is 16.9. The van der Waals surface area contributed by atoms with E-state index < -0.39 is 40.5 Å². The lowest BCUT2D eigenvalue weighted by atomic mass is 10.1. The molecule has 0 bridgehead atoms. The van der Waals surface area contributed by atoms with Crippen LogP contribution in [0.15, 0.2) is 46.9 Å². The summed E-state index contributed by atoms with van der Waals surface area (Å²) >= 11 is 0. The molecule has 1 heterocycles. The van der Waals surface area contributed by atoms with Gasteiger partial charge in [0.2, 0.25) is 17.5 Å². The van der Waals surface area contributed by atoms with Crippen molar-refractivity contribution in [3.05, 3.63) is 76.9 Å². The zero-order chi connectivity index (χ0) is 23.0. The number of carbonyl (C=O) groups is 1. The first-order valence-corrected chi connectivity index (χ1v) is 9.55. The fourth-order valence-corrected chi connectivity index (χ4v) is 3.20. The summed E-state index contributed by atoms with van der Waals surface area (Å²) in [5.41, 5.74) is 1.77. The van der Waals surface area contributed by atoms with E-state index in [0.717, 1.165) is 19.1 Å². The van der Waals surface area contributed by atoms with Crippen molar-refractivity contribution in [1.82, 2.24) is 4.98 Å². The summed E-state index contributed by atoms with van der Waals surface area (Å²) in [6, 6.07) is 11.7. The number of rotatable bonds is 5. The molecule has 4 rings (SSSR count). The highest BCUT2D eigenvalue weighted by atomic mass is 19.2. The number of hydrogen-bond acceptors (Lipinski definition) is 4. The number of nitrogens with zero attached hydrogens (tertiary/aromatic N) is 1. The number of aromatic nitrogens is 1. The fraction of sp³-hybridized carbons (Fsp3) is 0.130. The molecule has 0 radical (unpaired) electrons. The highest BCUT2D eigenvalue weighted by Crippen LogP contribution is 2.31. The van der Waals surface area contributed by atoms with Gasteiger partial charge in [-0.3, -0.25) is 4.79 Å². The monoisotopic (exact) mass is 444 g/mol. The molecule has 1 amide bonds. The predicted molar refractivity (Wildman–Crippen MR) is 110 cm³/mol. The van der Waals surface area contributed by atoms with Crippen molar-refractivity contribution >= 4 is 22.7 Å². The second kappa shape index (κ2) is 8.33. The lowest BCUT2D eigenvalue weighted by molar-refractivity contribution is 0.101. The number of carbonyl (C=O) groups excluding carboxylic acids is 1. The molecule has 1 N–H and O–H groups in total. The van der Waals surface area contributed by atoms with Gasteiger partial charge in [0.05, 0.1) is 7.11 Å². The zero-order valence-electron chi connectivity index (χ0n) is 16.9. The Morgan fingerprint density at radius 2 is 1.66 bits per heavy atom. The topological polar surface area (TPSA) is 64.4 Å². The number of benzene rings is 3. The van der Waals surface area contributed by atoms with Gasteiger partial charge in [-0.1, -0.05) is 13.0 Å². The number of oxazole rings is 1. The van der Waals surface area contributed by atoms with Crippen molar-refractivity contribution < 1.29 is 31.5 Å². The van der Waals surface area contributed by atoms with Crippen molar-refractivity contribution in [3.63, 3.8) is 0 Å². The van der Waals surface area contributed by atoms with Crippen LogP contribution in [0.25, 0.3) is 22.6 Å². The summed E-state index contributed by atoms with van der Waals surface area (Å²) in [6.07, 6.45) is 0.857.